The molecule has 0 spiro atoms. The molecule has 1 aliphatic heterocycles. The first-order valence-corrected chi connectivity index (χ1v) is 6.64. The second-order valence-corrected chi connectivity index (χ2v) is 5.10. The molecule has 1 aromatic rings. The summed E-state index contributed by atoms with van der Waals surface area (Å²) in [6.07, 6.45) is 1.15. The fourth-order valence-electron chi connectivity index (χ4n) is 2.22. The van der Waals surface area contributed by atoms with Gasteiger partial charge in [0.05, 0.1) is 13.2 Å². The van der Waals surface area contributed by atoms with Crippen LogP contribution >= 0.6 is 0 Å². The van der Waals surface area contributed by atoms with Crippen LogP contribution < -0.4 is 0 Å². The fraction of sp³-hybridized carbons (Fsp3) is 0.600. The first-order chi connectivity index (χ1) is 8.25. The molecular formula is C15H23NO. The Labute approximate surface area is 105 Å². The Morgan fingerprint density at radius 1 is 1.24 bits per heavy atom. The molecule has 0 amide bonds. The summed E-state index contributed by atoms with van der Waals surface area (Å²) in [4.78, 5) is 2.49. The molecule has 2 heteroatoms. The van der Waals surface area contributed by atoms with Crippen LogP contribution in [0.5, 0.6) is 0 Å². The SMILES string of the molecule is CC(C)c1cccc(CCN2CCOCC2)c1. The lowest BCUT2D eigenvalue weighted by Gasteiger charge is -2.26. The molecule has 0 bridgehead atoms. The van der Waals surface area contributed by atoms with Crippen molar-refractivity contribution in [3.8, 4) is 0 Å². The van der Waals surface area contributed by atoms with E-state index in [1.165, 1.54) is 11.1 Å². The van der Waals surface area contributed by atoms with Crippen molar-refractivity contribution in [1.82, 2.24) is 4.90 Å². The van der Waals surface area contributed by atoms with E-state index in [0.29, 0.717) is 5.92 Å². The summed E-state index contributed by atoms with van der Waals surface area (Å²) in [5.74, 6) is 0.623. The maximum atomic E-state index is 5.36. The highest BCUT2D eigenvalue weighted by Crippen LogP contribution is 2.16. The molecular weight excluding hydrogens is 210 g/mol. The molecule has 0 N–H and O–H groups in total. The molecule has 17 heavy (non-hydrogen) atoms. The standard InChI is InChI=1S/C15H23NO/c1-13(2)15-5-3-4-14(12-15)6-7-16-8-10-17-11-9-16/h3-5,12-13H,6-11H2,1-2H3. The topological polar surface area (TPSA) is 12.5 Å². The van der Waals surface area contributed by atoms with Crippen molar-refractivity contribution >= 4 is 0 Å². The van der Waals surface area contributed by atoms with Gasteiger partial charge in [0.15, 0.2) is 0 Å². The van der Waals surface area contributed by atoms with E-state index in [1.807, 2.05) is 0 Å². The Balaban J connectivity index is 1.87. The fourth-order valence-corrected chi connectivity index (χ4v) is 2.22. The molecule has 0 radical (unpaired) electrons. The average Bonchev–Trinajstić information content (AvgIpc) is 2.38. The first-order valence-electron chi connectivity index (χ1n) is 6.64. The second-order valence-electron chi connectivity index (χ2n) is 5.10. The number of hydrogen-bond donors (Lipinski definition) is 0. The largest absolute Gasteiger partial charge is 0.379 e. The highest BCUT2D eigenvalue weighted by atomic mass is 16.5. The van der Waals surface area contributed by atoms with Crippen molar-refractivity contribution in [1.29, 1.82) is 0 Å². The van der Waals surface area contributed by atoms with Gasteiger partial charge >= 0.3 is 0 Å². The van der Waals surface area contributed by atoms with Crippen molar-refractivity contribution in [3.63, 3.8) is 0 Å². The number of nitrogens with zero attached hydrogens (tertiary/aromatic N) is 1. The normalized spacial score (nSPS) is 17.6. The van der Waals surface area contributed by atoms with Gasteiger partial charge in [0.1, 0.15) is 0 Å². The monoisotopic (exact) mass is 233 g/mol. The lowest BCUT2D eigenvalue weighted by atomic mass is 10.00. The van der Waals surface area contributed by atoms with Crippen molar-refractivity contribution in [2.45, 2.75) is 26.2 Å². The van der Waals surface area contributed by atoms with E-state index < -0.39 is 0 Å². The highest BCUT2D eigenvalue weighted by molar-refractivity contribution is 5.25. The number of hydrogen-bond acceptors (Lipinski definition) is 2. The van der Waals surface area contributed by atoms with Crippen LogP contribution in [0, 0.1) is 0 Å². The van der Waals surface area contributed by atoms with Crippen LogP contribution in [0.25, 0.3) is 0 Å². The molecule has 0 saturated carbocycles. The lowest BCUT2D eigenvalue weighted by molar-refractivity contribution is 0.0384. The van der Waals surface area contributed by atoms with E-state index in [1.54, 1.807) is 0 Å². The summed E-state index contributed by atoms with van der Waals surface area (Å²) in [7, 11) is 0. The van der Waals surface area contributed by atoms with E-state index in [0.717, 1.165) is 39.3 Å². The number of ether oxygens (including phenoxy) is 1. The summed E-state index contributed by atoms with van der Waals surface area (Å²) in [5.41, 5.74) is 2.91. The minimum Gasteiger partial charge on any atom is -0.379 e. The Morgan fingerprint density at radius 3 is 2.71 bits per heavy atom. The van der Waals surface area contributed by atoms with Crippen molar-refractivity contribution in [2.24, 2.45) is 0 Å². The maximum Gasteiger partial charge on any atom is 0.0594 e. The van der Waals surface area contributed by atoms with Crippen LogP contribution in [0.4, 0.5) is 0 Å². The molecule has 0 aromatic heterocycles. The van der Waals surface area contributed by atoms with Crippen LogP contribution in [0.1, 0.15) is 30.9 Å². The molecule has 1 fully saturated rings. The molecule has 0 unspecified atom stereocenters. The van der Waals surface area contributed by atoms with Crippen molar-refractivity contribution < 1.29 is 4.74 Å². The van der Waals surface area contributed by atoms with Gasteiger partial charge in [0.2, 0.25) is 0 Å². The van der Waals surface area contributed by atoms with E-state index in [2.05, 4.69) is 43.0 Å². The van der Waals surface area contributed by atoms with Crippen LogP contribution in [0.3, 0.4) is 0 Å². The summed E-state index contributed by atoms with van der Waals surface area (Å²) >= 11 is 0. The van der Waals surface area contributed by atoms with Gasteiger partial charge < -0.3 is 4.74 Å². The quantitative estimate of drug-likeness (QED) is 0.793. The van der Waals surface area contributed by atoms with Gasteiger partial charge in [0.25, 0.3) is 0 Å². The second kappa shape index (κ2) is 6.18. The van der Waals surface area contributed by atoms with Crippen LogP contribution in [-0.4, -0.2) is 37.7 Å². The number of benzene rings is 1. The van der Waals surface area contributed by atoms with Gasteiger partial charge in [-0.3, -0.25) is 4.90 Å². The van der Waals surface area contributed by atoms with Crippen molar-refractivity contribution in [2.75, 3.05) is 32.8 Å². The predicted octanol–water partition coefficient (Wildman–Crippen LogP) is 2.68. The van der Waals surface area contributed by atoms with Gasteiger partial charge in [-0.25, -0.2) is 0 Å². The summed E-state index contributed by atoms with van der Waals surface area (Å²) in [6.45, 7) is 9.62. The third-order valence-electron chi connectivity index (χ3n) is 3.44. The minimum absolute atomic E-state index is 0.623. The summed E-state index contributed by atoms with van der Waals surface area (Å²) < 4.78 is 5.36. The molecule has 0 atom stereocenters. The third kappa shape index (κ3) is 3.83. The van der Waals surface area contributed by atoms with Gasteiger partial charge in [-0.05, 0) is 23.5 Å². The number of morpholine rings is 1. The van der Waals surface area contributed by atoms with Gasteiger partial charge in [-0.15, -0.1) is 0 Å². The lowest BCUT2D eigenvalue weighted by Crippen LogP contribution is -2.37. The number of rotatable bonds is 4. The van der Waals surface area contributed by atoms with Gasteiger partial charge in [-0.1, -0.05) is 38.1 Å². The molecule has 0 aliphatic carbocycles. The molecule has 1 saturated heterocycles. The van der Waals surface area contributed by atoms with Crippen LogP contribution in [-0.2, 0) is 11.2 Å². The Kier molecular flexibility index (Phi) is 4.57. The Hall–Kier alpha value is -0.860. The van der Waals surface area contributed by atoms with Crippen molar-refractivity contribution in [3.05, 3.63) is 35.4 Å². The molecule has 1 heterocycles. The van der Waals surface area contributed by atoms with E-state index in [-0.39, 0.29) is 0 Å². The van der Waals surface area contributed by atoms with E-state index >= 15 is 0 Å². The first kappa shape index (κ1) is 12.6. The van der Waals surface area contributed by atoms with Crippen LogP contribution in [0.15, 0.2) is 24.3 Å². The predicted molar refractivity (Wildman–Crippen MR) is 71.5 cm³/mol. The van der Waals surface area contributed by atoms with Crippen LogP contribution in [0.2, 0.25) is 0 Å². The summed E-state index contributed by atoms with van der Waals surface area (Å²) in [5, 5.41) is 0. The van der Waals surface area contributed by atoms with E-state index in [4.69, 9.17) is 4.74 Å². The molecule has 1 aromatic carbocycles. The smallest absolute Gasteiger partial charge is 0.0594 e. The molecule has 2 rings (SSSR count). The Bertz CT molecular complexity index is 343. The van der Waals surface area contributed by atoms with Gasteiger partial charge in [-0.2, -0.15) is 0 Å². The molecule has 94 valence electrons. The maximum absolute atomic E-state index is 5.36. The summed E-state index contributed by atoms with van der Waals surface area (Å²) in [6, 6.07) is 9.00. The third-order valence-corrected chi connectivity index (χ3v) is 3.44. The van der Waals surface area contributed by atoms with E-state index in [9.17, 15) is 0 Å². The Morgan fingerprint density at radius 2 is 2.00 bits per heavy atom. The zero-order chi connectivity index (χ0) is 12.1. The molecule has 2 nitrogen and oxygen atoms in total. The zero-order valence-corrected chi connectivity index (χ0v) is 11.0. The zero-order valence-electron chi connectivity index (χ0n) is 11.0. The minimum atomic E-state index is 0.623. The average molecular weight is 233 g/mol. The van der Waals surface area contributed by atoms with Gasteiger partial charge in [0, 0.05) is 19.6 Å². The highest BCUT2D eigenvalue weighted by Gasteiger charge is 2.10. The molecule has 1 aliphatic rings.